The predicted molar refractivity (Wildman–Crippen MR) is 56.9 cm³/mol. The summed E-state index contributed by atoms with van der Waals surface area (Å²) in [5.74, 6) is 0.663. The van der Waals surface area contributed by atoms with Crippen LogP contribution in [0.25, 0.3) is 0 Å². The Bertz CT molecular complexity index is 426. The van der Waals surface area contributed by atoms with Crippen molar-refractivity contribution in [1.82, 2.24) is 0 Å². The molecule has 0 radical (unpaired) electrons. The third-order valence-corrected chi connectivity index (χ3v) is 3.36. The van der Waals surface area contributed by atoms with Crippen molar-refractivity contribution in [2.45, 2.75) is 5.75 Å². The molecule has 0 amide bonds. The van der Waals surface area contributed by atoms with Crippen molar-refractivity contribution in [3.63, 3.8) is 0 Å². The van der Waals surface area contributed by atoms with Crippen LogP contribution in [0.4, 0.5) is 5.69 Å². The van der Waals surface area contributed by atoms with Gasteiger partial charge in [-0.25, -0.2) is 9.16 Å². The lowest BCUT2D eigenvalue weighted by molar-refractivity contribution is 0.0600. The van der Waals surface area contributed by atoms with Crippen LogP contribution in [-0.2, 0) is 21.2 Å². The Morgan fingerprint density at radius 1 is 1.57 bits per heavy atom. The van der Waals surface area contributed by atoms with Crippen LogP contribution in [0.2, 0.25) is 0 Å². The Balaban J connectivity index is 2.37. The average molecular weight is 209 g/mol. The molecule has 0 saturated heterocycles. The SMILES string of the molecule is COC(=O)c1ccc2c(c1)CS(C)=N2. The lowest BCUT2D eigenvalue weighted by atomic mass is 10.1. The smallest absolute Gasteiger partial charge is 0.337 e. The number of benzene rings is 1. The molecule has 0 N–H and O–H groups in total. The van der Waals surface area contributed by atoms with Crippen LogP contribution in [-0.4, -0.2) is 19.3 Å². The molecule has 3 nitrogen and oxygen atoms in total. The Kier molecular flexibility index (Phi) is 2.37. The second-order valence-electron chi connectivity index (χ2n) is 3.17. The molecule has 1 aliphatic rings. The van der Waals surface area contributed by atoms with Gasteiger partial charge < -0.3 is 4.74 Å². The van der Waals surface area contributed by atoms with Crippen molar-refractivity contribution < 1.29 is 9.53 Å². The Morgan fingerprint density at radius 2 is 2.36 bits per heavy atom. The van der Waals surface area contributed by atoms with E-state index in [2.05, 4.69) is 15.4 Å². The minimum Gasteiger partial charge on any atom is -0.465 e. The van der Waals surface area contributed by atoms with E-state index in [1.807, 2.05) is 12.1 Å². The van der Waals surface area contributed by atoms with Gasteiger partial charge in [0.1, 0.15) is 0 Å². The fraction of sp³-hybridized carbons (Fsp3) is 0.300. The summed E-state index contributed by atoms with van der Waals surface area (Å²) in [5.41, 5.74) is 2.78. The number of hydrogen-bond donors (Lipinski definition) is 0. The van der Waals surface area contributed by atoms with E-state index in [1.54, 1.807) is 6.07 Å². The molecule has 1 aromatic carbocycles. The molecule has 0 aromatic heterocycles. The molecule has 4 heteroatoms. The van der Waals surface area contributed by atoms with Crippen LogP contribution in [0.5, 0.6) is 0 Å². The zero-order valence-electron chi connectivity index (χ0n) is 8.11. The first kappa shape index (κ1) is 9.40. The van der Waals surface area contributed by atoms with Crippen LogP contribution in [0.1, 0.15) is 15.9 Å². The molecule has 2 rings (SSSR count). The molecule has 1 aliphatic heterocycles. The Morgan fingerprint density at radius 3 is 3.07 bits per heavy atom. The van der Waals surface area contributed by atoms with Crippen molar-refractivity contribution in [2.24, 2.45) is 4.36 Å². The normalized spacial score (nSPS) is 18.6. The van der Waals surface area contributed by atoms with Crippen LogP contribution in [0.15, 0.2) is 22.6 Å². The van der Waals surface area contributed by atoms with E-state index in [4.69, 9.17) is 0 Å². The summed E-state index contributed by atoms with van der Waals surface area (Å²) in [6.07, 6.45) is 2.10. The molecular formula is C10H11NO2S. The first-order valence-corrected chi connectivity index (χ1v) is 6.02. The maximum Gasteiger partial charge on any atom is 0.337 e. The molecule has 0 aliphatic carbocycles. The number of esters is 1. The molecule has 0 bridgehead atoms. The maximum atomic E-state index is 11.2. The van der Waals surface area contributed by atoms with Gasteiger partial charge in [0, 0.05) is 5.75 Å². The van der Waals surface area contributed by atoms with Gasteiger partial charge in [-0.15, -0.1) is 0 Å². The molecule has 1 unspecified atom stereocenters. The van der Waals surface area contributed by atoms with Gasteiger partial charge in [0.05, 0.1) is 18.4 Å². The van der Waals surface area contributed by atoms with Crippen LogP contribution in [0, 0.1) is 0 Å². The summed E-state index contributed by atoms with van der Waals surface area (Å²) < 4.78 is 9.11. The summed E-state index contributed by atoms with van der Waals surface area (Å²) in [5, 5.41) is 0. The lowest BCUT2D eigenvalue weighted by Gasteiger charge is -2.01. The second-order valence-corrected chi connectivity index (χ2v) is 4.84. The van der Waals surface area contributed by atoms with E-state index in [0.29, 0.717) is 5.56 Å². The zero-order valence-corrected chi connectivity index (χ0v) is 8.93. The standard InChI is InChI=1S/C10H11NO2S/c1-13-10(12)7-3-4-9-8(5-7)6-14(2)11-9/h3-5H,6H2,1-2H3. The molecule has 0 spiro atoms. The van der Waals surface area contributed by atoms with E-state index in [1.165, 1.54) is 7.11 Å². The van der Waals surface area contributed by atoms with Crippen molar-refractivity contribution in [1.29, 1.82) is 0 Å². The fourth-order valence-electron chi connectivity index (χ4n) is 1.46. The van der Waals surface area contributed by atoms with Crippen molar-refractivity contribution in [3.05, 3.63) is 29.3 Å². The minimum absolute atomic E-state index is 0.0801. The quantitative estimate of drug-likeness (QED) is 0.664. The van der Waals surface area contributed by atoms with E-state index >= 15 is 0 Å². The molecule has 1 aromatic rings. The summed E-state index contributed by atoms with van der Waals surface area (Å²) in [7, 11) is 1.47. The highest BCUT2D eigenvalue weighted by Gasteiger charge is 2.13. The van der Waals surface area contributed by atoms with Gasteiger partial charge in [-0.1, -0.05) is 10.7 Å². The third-order valence-electron chi connectivity index (χ3n) is 2.12. The van der Waals surface area contributed by atoms with Gasteiger partial charge in [-0.05, 0) is 30.0 Å². The highest BCUT2D eigenvalue weighted by Crippen LogP contribution is 2.29. The molecule has 74 valence electrons. The number of fused-ring (bicyclic) bond motifs is 1. The van der Waals surface area contributed by atoms with Crippen LogP contribution < -0.4 is 0 Å². The molecular weight excluding hydrogens is 198 g/mol. The van der Waals surface area contributed by atoms with Gasteiger partial charge in [0.2, 0.25) is 0 Å². The number of methoxy groups -OCH3 is 1. The van der Waals surface area contributed by atoms with Gasteiger partial charge in [-0.3, -0.25) is 0 Å². The van der Waals surface area contributed by atoms with Gasteiger partial charge in [-0.2, -0.15) is 0 Å². The van der Waals surface area contributed by atoms with Crippen molar-refractivity contribution in [3.8, 4) is 0 Å². The number of nitrogens with zero attached hydrogens (tertiary/aromatic N) is 1. The zero-order chi connectivity index (χ0) is 10.1. The largest absolute Gasteiger partial charge is 0.465 e. The van der Waals surface area contributed by atoms with E-state index in [0.717, 1.165) is 17.0 Å². The summed E-state index contributed by atoms with van der Waals surface area (Å²) in [4.78, 5) is 11.2. The molecule has 14 heavy (non-hydrogen) atoms. The van der Waals surface area contributed by atoms with Crippen molar-refractivity contribution in [2.75, 3.05) is 13.4 Å². The average Bonchev–Trinajstić information content (AvgIpc) is 2.55. The second kappa shape index (κ2) is 3.53. The molecule has 0 fully saturated rings. The Labute approximate surface area is 85.2 Å². The van der Waals surface area contributed by atoms with Crippen LogP contribution in [0.3, 0.4) is 0 Å². The molecule has 0 saturated carbocycles. The number of hydrogen-bond acceptors (Lipinski definition) is 3. The first-order valence-electron chi connectivity index (χ1n) is 4.26. The van der Waals surface area contributed by atoms with E-state index in [9.17, 15) is 4.79 Å². The minimum atomic E-state index is -0.282. The van der Waals surface area contributed by atoms with Crippen molar-refractivity contribution >= 4 is 22.3 Å². The first-order chi connectivity index (χ1) is 6.70. The topological polar surface area (TPSA) is 38.7 Å². The van der Waals surface area contributed by atoms with E-state index < -0.39 is 0 Å². The van der Waals surface area contributed by atoms with Gasteiger partial charge >= 0.3 is 5.97 Å². The monoisotopic (exact) mass is 209 g/mol. The molecule has 1 atom stereocenters. The van der Waals surface area contributed by atoms with Gasteiger partial charge in [0.15, 0.2) is 0 Å². The third kappa shape index (κ3) is 1.57. The highest BCUT2D eigenvalue weighted by atomic mass is 32.2. The number of ether oxygens (including phenoxy) is 1. The lowest BCUT2D eigenvalue weighted by Crippen LogP contribution is -2.01. The summed E-state index contributed by atoms with van der Waals surface area (Å²) >= 11 is 0. The molecule has 1 heterocycles. The van der Waals surface area contributed by atoms with Gasteiger partial charge in [0.25, 0.3) is 0 Å². The number of carbonyl (C=O) groups is 1. The summed E-state index contributed by atoms with van der Waals surface area (Å²) in [6, 6.07) is 5.52. The number of carbonyl (C=O) groups excluding carboxylic acids is 1. The summed E-state index contributed by atoms with van der Waals surface area (Å²) in [6.45, 7) is 0. The predicted octanol–water partition coefficient (Wildman–Crippen LogP) is 2.05. The number of rotatable bonds is 1. The van der Waals surface area contributed by atoms with E-state index in [-0.39, 0.29) is 16.7 Å². The fourth-order valence-corrected chi connectivity index (χ4v) is 2.72. The van der Waals surface area contributed by atoms with Crippen LogP contribution >= 0.6 is 0 Å². The Hall–Kier alpha value is -1.16. The maximum absolute atomic E-state index is 11.2. The highest BCUT2D eigenvalue weighted by molar-refractivity contribution is 7.86.